The van der Waals surface area contributed by atoms with Gasteiger partial charge in [-0.05, 0) is 25.0 Å². The van der Waals surface area contributed by atoms with E-state index in [9.17, 15) is 0 Å². The summed E-state index contributed by atoms with van der Waals surface area (Å²) >= 11 is 0. The predicted molar refractivity (Wildman–Crippen MR) is 51.7 cm³/mol. The lowest BCUT2D eigenvalue weighted by Gasteiger charge is -1.90. The fourth-order valence-electron chi connectivity index (χ4n) is 1.51. The minimum absolute atomic E-state index is 0.648. The van der Waals surface area contributed by atoms with Crippen molar-refractivity contribution in [3.8, 4) is 11.3 Å². The molecular formula is C11H10N2O. The summed E-state index contributed by atoms with van der Waals surface area (Å²) in [4.78, 5) is 3.96. The Morgan fingerprint density at radius 1 is 1.21 bits per heavy atom. The van der Waals surface area contributed by atoms with Gasteiger partial charge in [-0.25, -0.2) is 0 Å². The lowest BCUT2D eigenvalue weighted by molar-refractivity contribution is 0.424. The molecule has 0 N–H and O–H groups in total. The van der Waals surface area contributed by atoms with E-state index >= 15 is 0 Å². The first kappa shape index (κ1) is 7.74. The van der Waals surface area contributed by atoms with Gasteiger partial charge in [0, 0.05) is 29.9 Å². The van der Waals surface area contributed by atoms with Crippen molar-refractivity contribution in [2.24, 2.45) is 0 Å². The van der Waals surface area contributed by atoms with Gasteiger partial charge < -0.3 is 4.52 Å². The Kier molecular flexibility index (Phi) is 1.63. The molecule has 70 valence electrons. The number of hydrogen-bond donors (Lipinski definition) is 0. The molecule has 3 heteroatoms. The van der Waals surface area contributed by atoms with Crippen molar-refractivity contribution < 1.29 is 4.52 Å². The predicted octanol–water partition coefficient (Wildman–Crippen LogP) is 2.61. The van der Waals surface area contributed by atoms with E-state index in [2.05, 4.69) is 10.1 Å². The minimum Gasteiger partial charge on any atom is -0.356 e. The molecular weight excluding hydrogens is 176 g/mol. The molecule has 3 nitrogen and oxygen atoms in total. The molecule has 0 aromatic carbocycles. The zero-order chi connectivity index (χ0) is 9.38. The smallest absolute Gasteiger partial charge is 0.167 e. The van der Waals surface area contributed by atoms with Crippen LogP contribution in [0.15, 0.2) is 35.1 Å². The SMILES string of the molecule is c1cc(-c2cc(C3CC3)no2)ccn1. The van der Waals surface area contributed by atoms with Gasteiger partial charge in [-0.3, -0.25) is 4.98 Å². The average Bonchev–Trinajstić information content (AvgIpc) is 2.98. The molecule has 1 fully saturated rings. The van der Waals surface area contributed by atoms with E-state index in [1.807, 2.05) is 18.2 Å². The van der Waals surface area contributed by atoms with E-state index in [1.165, 1.54) is 12.8 Å². The molecule has 0 spiro atoms. The molecule has 0 saturated heterocycles. The quantitative estimate of drug-likeness (QED) is 0.723. The van der Waals surface area contributed by atoms with Gasteiger partial charge in [0.05, 0.1) is 5.69 Å². The highest BCUT2D eigenvalue weighted by Crippen LogP contribution is 2.40. The zero-order valence-corrected chi connectivity index (χ0v) is 7.68. The van der Waals surface area contributed by atoms with Crippen molar-refractivity contribution in [2.75, 3.05) is 0 Å². The van der Waals surface area contributed by atoms with Crippen molar-refractivity contribution in [1.29, 1.82) is 0 Å². The van der Waals surface area contributed by atoms with Crippen LogP contribution in [0.25, 0.3) is 11.3 Å². The number of pyridine rings is 1. The summed E-state index contributed by atoms with van der Waals surface area (Å²) in [6, 6.07) is 5.89. The van der Waals surface area contributed by atoms with E-state index in [4.69, 9.17) is 4.52 Å². The van der Waals surface area contributed by atoms with Gasteiger partial charge in [0.2, 0.25) is 0 Å². The van der Waals surface area contributed by atoms with E-state index in [0.29, 0.717) is 5.92 Å². The minimum atomic E-state index is 0.648. The Morgan fingerprint density at radius 3 is 2.71 bits per heavy atom. The highest BCUT2D eigenvalue weighted by molar-refractivity contribution is 5.56. The van der Waals surface area contributed by atoms with Gasteiger partial charge in [-0.15, -0.1) is 0 Å². The van der Waals surface area contributed by atoms with Crippen LogP contribution >= 0.6 is 0 Å². The molecule has 3 rings (SSSR count). The molecule has 2 heterocycles. The van der Waals surface area contributed by atoms with Gasteiger partial charge in [0.25, 0.3) is 0 Å². The Balaban J connectivity index is 1.96. The second kappa shape index (κ2) is 2.94. The van der Waals surface area contributed by atoms with Crippen LogP contribution in [0.3, 0.4) is 0 Å². The van der Waals surface area contributed by atoms with Crippen LogP contribution in [0.1, 0.15) is 24.5 Å². The van der Waals surface area contributed by atoms with Gasteiger partial charge in [0.1, 0.15) is 0 Å². The lowest BCUT2D eigenvalue weighted by Crippen LogP contribution is -1.75. The van der Waals surface area contributed by atoms with Crippen LogP contribution in [0.2, 0.25) is 0 Å². The maximum Gasteiger partial charge on any atom is 0.167 e. The van der Waals surface area contributed by atoms with E-state index in [-0.39, 0.29) is 0 Å². The average molecular weight is 186 g/mol. The van der Waals surface area contributed by atoms with Gasteiger partial charge >= 0.3 is 0 Å². The van der Waals surface area contributed by atoms with Gasteiger partial charge in [-0.2, -0.15) is 0 Å². The first-order valence-electron chi connectivity index (χ1n) is 4.80. The second-order valence-electron chi connectivity index (χ2n) is 3.63. The standard InChI is InChI=1S/C11H10N2O/c1-2-8(1)10-7-11(14-13-10)9-3-5-12-6-4-9/h3-8H,1-2H2. The molecule has 14 heavy (non-hydrogen) atoms. The third-order valence-electron chi connectivity index (χ3n) is 2.49. The Morgan fingerprint density at radius 2 is 2.00 bits per heavy atom. The molecule has 0 radical (unpaired) electrons. The summed E-state index contributed by atoms with van der Waals surface area (Å²) in [5.74, 6) is 1.49. The van der Waals surface area contributed by atoms with Crippen LogP contribution in [0.5, 0.6) is 0 Å². The fourth-order valence-corrected chi connectivity index (χ4v) is 1.51. The second-order valence-corrected chi connectivity index (χ2v) is 3.63. The normalized spacial score (nSPS) is 15.7. The summed E-state index contributed by atoms with van der Waals surface area (Å²) < 4.78 is 5.27. The summed E-state index contributed by atoms with van der Waals surface area (Å²) in [7, 11) is 0. The third-order valence-corrected chi connectivity index (χ3v) is 2.49. The van der Waals surface area contributed by atoms with Crippen LogP contribution in [-0.2, 0) is 0 Å². The van der Waals surface area contributed by atoms with E-state index in [1.54, 1.807) is 12.4 Å². The van der Waals surface area contributed by atoms with E-state index < -0.39 is 0 Å². The Bertz CT molecular complexity index is 432. The number of rotatable bonds is 2. The molecule has 1 aliphatic carbocycles. The topological polar surface area (TPSA) is 38.9 Å². The number of aromatic nitrogens is 2. The maximum atomic E-state index is 5.27. The van der Waals surface area contributed by atoms with Crippen molar-refractivity contribution in [2.45, 2.75) is 18.8 Å². The molecule has 1 saturated carbocycles. The number of hydrogen-bond acceptors (Lipinski definition) is 3. The van der Waals surface area contributed by atoms with Gasteiger partial charge in [-0.1, -0.05) is 5.16 Å². The largest absolute Gasteiger partial charge is 0.356 e. The highest BCUT2D eigenvalue weighted by atomic mass is 16.5. The molecule has 0 bridgehead atoms. The van der Waals surface area contributed by atoms with Crippen LogP contribution in [0.4, 0.5) is 0 Å². The summed E-state index contributed by atoms with van der Waals surface area (Å²) in [5, 5.41) is 4.06. The molecule has 0 amide bonds. The highest BCUT2D eigenvalue weighted by Gasteiger charge is 2.27. The molecule has 0 aliphatic heterocycles. The maximum absolute atomic E-state index is 5.27. The van der Waals surface area contributed by atoms with Gasteiger partial charge in [0.15, 0.2) is 5.76 Å². The third kappa shape index (κ3) is 1.31. The van der Waals surface area contributed by atoms with E-state index in [0.717, 1.165) is 17.0 Å². The Hall–Kier alpha value is -1.64. The van der Waals surface area contributed by atoms with Crippen molar-refractivity contribution in [3.05, 3.63) is 36.3 Å². The van der Waals surface area contributed by atoms with Crippen LogP contribution in [-0.4, -0.2) is 10.1 Å². The Labute approximate surface area is 81.8 Å². The number of nitrogens with zero attached hydrogens (tertiary/aromatic N) is 2. The zero-order valence-electron chi connectivity index (χ0n) is 7.68. The lowest BCUT2D eigenvalue weighted by atomic mass is 10.2. The molecule has 1 aliphatic rings. The first-order chi connectivity index (χ1) is 6.93. The summed E-state index contributed by atoms with van der Waals surface area (Å²) in [6.45, 7) is 0. The first-order valence-corrected chi connectivity index (χ1v) is 4.80. The monoisotopic (exact) mass is 186 g/mol. The molecule has 2 aromatic rings. The fraction of sp³-hybridized carbons (Fsp3) is 0.273. The molecule has 2 aromatic heterocycles. The van der Waals surface area contributed by atoms with Crippen molar-refractivity contribution >= 4 is 0 Å². The summed E-state index contributed by atoms with van der Waals surface area (Å²) in [5.41, 5.74) is 2.14. The molecule has 0 unspecified atom stereocenters. The summed E-state index contributed by atoms with van der Waals surface area (Å²) in [6.07, 6.45) is 6.02. The van der Waals surface area contributed by atoms with Crippen molar-refractivity contribution in [1.82, 2.24) is 10.1 Å². The van der Waals surface area contributed by atoms with Crippen LogP contribution in [0, 0.1) is 0 Å². The molecule has 0 atom stereocenters. The van der Waals surface area contributed by atoms with Crippen LogP contribution < -0.4 is 0 Å². The van der Waals surface area contributed by atoms with Crippen molar-refractivity contribution in [3.63, 3.8) is 0 Å².